The van der Waals surface area contributed by atoms with Crippen LogP contribution in [0.3, 0.4) is 0 Å². The lowest BCUT2D eigenvalue weighted by atomic mass is 9.54. The maximum Gasteiger partial charge on any atom is 0.241 e. The molecule has 1 amide bonds. The van der Waals surface area contributed by atoms with Gasteiger partial charge in [0.1, 0.15) is 11.2 Å². The summed E-state index contributed by atoms with van der Waals surface area (Å²) in [5.74, 6) is -0.141. The van der Waals surface area contributed by atoms with Crippen LogP contribution in [0.1, 0.15) is 38.6 Å². The fourth-order valence-electron chi connectivity index (χ4n) is 3.43. The maximum atomic E-state index is 12.6. The second-order valence-electron chi connectivity index (χ2n) is 7.15. The van der Waals surface area contributed by atoms with E-state index < -0.39 is 5.54 Å². The second kappa shape index (κ2) is 8.13. The Balaban J connectivity index is 0.00000169. The molecule has 2 aromatic heterocycles. The van der Waals surface area contributed by atoms with E-state index in [1.807, 2.05) is 56.5 Å². The molecule has 2 unspecified atom stereocenters. The number of amides is 1. The van der Waals surface area contributed by atoms with Crippen molar-refractivity contribution in [3.63, 3.8) is 0 Å². The highest BCUT2D eigenvalue weighted by Gasteiger charge is 2.62. The number of halogens is 2. The summed E-state index contributed by atoms with van der Waals surface area (Å²) in [6.45, 7) is 8.96. The number of nitrogens with two attached hydrogens (primary N) is 1. The van der Waals surface area contributed by atoms with Crippen molar-refractivity contribution in [3.05, 3.63) is 35.8 Å². The van der Waals surface area contributed by atoms with Gasteiger partial charge in [0, 0.05) is 30.3 Å². The van der Waals surface area contributed by atoms with Gasteiger partial charge in [0.25, 0.3) is 0 Å². The number of nitrogens with one attached hydrogen (secondary N) is 1. The molecule has 6 nitrogen and oxygen atoms in total. The summed E-state index contributed by atoms with van der Waals surface area (Å²) >= 11 is 0. The summed E-state index contributed by atoms with van der Waals surface area (Å²) in [6.07, 6.45) is 2.52. The number of nitrogens with zero attached hydrogens (tertiary/aromatic N) is 2. The van der Waals surface area contributed by atoms with Crippen molar-refractivity contribution < 1.29 is 9.53 Å². The Morgan fingerprint density at radius 2 is 2.12 bits per heavy atom. The van der Waals surface area contributed by atoms with Crippen molar-refractivity contribution in [2.24, 2.45) is 11.1 Å². The molecule has 2 atom stereocenters. The summed E-state index contributed by atoms with van der Waals surface area (Å²) < 4.78 is 7.69. The number of fused-ring (bicyclic) bond motifs is 1. The first-order valence-electron chi connectivity index (χ1n) is 8.42. The van der Waals surface area contributed by atoms with Gasteiger partial charge in [-0.2, -0.15) is 0 Å². The average Bonchev–Trinajstić information content (AvgIpc) is 2.96. The van der Waals surface area contributed by atoms with Crippen molar-refractivity contribution in [3.8, 4) is 0 Å². The zero-order chi connectivity index (χ0) is 17.5. The topological polar surface area (TPSA) is 81.6 Å². The lowest BCUT2D eigenvalue weighted by molar-refractivity contribution is -0.170. The molecule has 0 saturated heterocycles. The van der Waals surface area contributed by atoms with Crippen LogP contribution in [-0.2, 0) is 16.1 Å². The minimum absolute atomic E-state index is 0. The molecule has 0 spiro atoms. The van der Waals surface area contributed by atoms with Crippen LogP contribution in [0.5, 0.6) is 0 Å². The van der Waals surface area contributed by atoms with Crippen molar-refractivity contribution >= 4 is 36.4 Å². The molecule has 0 radical (unpaired) electrons. The molecule has 0 aliphatic heterocycles. The summed E-state index contributed by atoms with van der Waals surface area (Å²) in [4.78, 5) is 17.2. The van der Waals surface area contributed by atoms with E-state index in [4.69, 9.17) is 10.5 Å². The summed E-state index contributed by atoms with van der Waals surface area (Å²) in [7, 11) is 0. The molecular formula is C18H28Cl2N4O2. The van der Waals surface area contributed by atoms with Crippen molar-refractivity contribution in [2.75, 3.05) is 6.61 Å². The molecular weight excluding hydrogens is 375 g/mol. The first-order valence-corrected chi connectivity index (χ1v) is 8.42. The van der Waals surface area contributed by atoms with E-state index in [0.717, 1.165) is 17.0 Å². The molecule has 2 heterocycles. The van der Waals surface area contributed by atoms with Gasteiger partial charge in [-0.1, -0.05) is 19.9 Å². The Bertz CT molecular complexity index is 778. The Kier molecular flexibility index (Phi) is 7.10. The maximum absolute atomic E-state index is 12.6. The number of aryl methyl sites for hydroxylation is 1. The van der Waals surface area contributed by atoms with Crippen LogP contribution in [0.15, 0.2) is 24.4 Å². The highest BCUT2D eigenvalue weighted by Crippen LogP contribution is 2.49. The van der Waals surface area contributed by atoms with Gasteiger partial charge in [0.05, 0.1) is 18.3 Å². The standard InChI is InChI=1S/C18H26N4O2.2ClH/c1-5-24-14-9-18(19,17(14,3)4)16(23)20-10-13-11-22-12(2)7-6-8-15(22)21-13;;/h6-8,11,14H,5,9-10,19H2,1-4H3,(H,20,23);2*1H. The molecule has 1 aliphatic rings. The highest BCUT2D eigenvalue weighted by molar-refractivity contribution is 5.88. The van der Waals surface area contributed by atoms with Crippen molar-refractivity contribution in [2.45, 2.75) is 52.3 Å². The SMILES string of the molecule is CCOC1CC(N)(C(=O)NCc2cn3c(C)cccc3n2)C1(C)C.Cl.Cl. The Morgan fingerprint density at radius 1 is 1.42 bits per heavy atom. The van der Waals surface area contributed by atoms with E-state index in [1.165, 1.54) is 0 Å². The van der Waals surface area contributed by atoms with Gasteiger partial charge in [0.2, 0.25) is 5.91 Å². The van der Waals surface area contributed by atoms with Gasteiger partial charge in [-0.05, 0) is 26.0 Å². The Labute approximate surface area is 166 Å². The highest BCUT2D eigenvalue weighted by atomic mass is 35.5. The molecule has 1 aliphatic carbocycles. The van der Waals surface area contributed by atoms with E-state index in [-0.39, 0.29) is 42.2 Å². The van der Waals surface area contributed by atoms with Gasteiger partial charge in [-0.3, -0.25) is 4.79 Å². The van der Waals surface area contributed by atoms with Crippen LogP contribution in [0.4, 0.5) is 0 Å². The molecule has 146 valence electrons. The lowest BCUT2D eigenvalue weighted by Crippen LogP contribution is -2.75. The van der Waals surface area contributed by atoms with Crippen molar-refractivity contribution in [1.29, 1.82) is 0 Å². The third-order valence-electron chi connectivity index (χ3n) is 5.41. The number of aromatic nitrogens is 2. The number of imidazole rings is 1. The summed E-state index contributed by atoms with van der Waals surface area (Å²) in [5, 5.41) is 2.94. The van der Waals surface area contributed by atoms with Crippen LogP contribution in [-0.4, -0.2) is 33.5 Å². The lowest BCUT2D eigenvalue weighted by Gasteiger charge is -2.57. The second-order valence-corrected chi connectivity index (χ2v) is 7.15. The number of rotatable bonds is 5. The smallest absolute Gasteiger partial charge is 0.241 e. The molecule has 0 bridgehead atoms. The van der Waals surface area contributed by atoms with Crippen LogP contribution in [0, 0.1) is 12.3 Å². The number of hydrogen-bond donors (Lipinski definition) is 2. The monoisotopic (exact) mass is 402 g/mol. The average molecular weight is 403 g/mol. The van der Waals surface area contributed by atoms with E-state index in [0.29, 0.717) is 19.6 Å². The van der Waals surface area contributed by atoms with Crippen LogP contribution < -0.4 is 11.1 Å². The first kappa shape index (κ1) is 22.7. The number of carbonyl (C=O) groups is 1. The zero-order valence-corrected chi connectivity index (χ0v) is 17.2. The van der Waals surface area contributed by atoms with Gasteiger partial charge >= 0.3 is 0 Å². The fraction of sp³-hybridized carbons (Fsp3) is 0.556. The quantitative estimate of drug-likeness (QED) is 0.804. The number of ether oxygens (including phenoxy) is 1. The van der Waals surface area contributed by atoms with Gasteiger partial charge in [-0.25, -0.2) is 4.98 Å². The van der Waals surface area contributed by atoms with Gasteiger partial charge in [0.15, 0.2) is 0 Å². The number of carbonyl (C=O) groups excluding carboxylic acids is 1. The van der Waals surface area contributed by atoms with E-state index in [9.17, 15) is 4.79 Å². The molecule has 2 aromatic rings. The number of pyridine rings is 1. The van der Waals surface area contributed by atoms with Crippen molar-refractivity contribution in [1.82, 2.24) is 14.7 Å². The Hall–Kier alpha value is -1.34. The van der Waals surface area contributed by atoms with Gasteiger partial charge < -0.3 is 20.2 Å². The largest absolute Gasteiger partial charge is 0.378 e. The fourth-order valence-corrected chi connectivity index (χ4v) is 3.43. The molecule has 0 aromatic carbocycles. The molecule has 3 N–H and O–H groups in total. The van der Waals surface area contributed by atoms with Gasteiger partial charge in [-0.15, -0.1) is 24.8 Å². The van der Waals surface area contributed by atoms with Crippen LogP contribution >= 0.6 is 24.8 Å². The minimum atomic E-state index is -0.901. The zero-order valence-electron chi connectivity index (χ0n) is 15.6. The van der Waals surface area contributed by atoms with Crippen LogP contribution in [0.25, 0.3) is 5.65 Å². The normalized spacial score (nSPS) is 23.5. The van der Waals surface area contributed by atoms with E-state index in [1.54, 1.807) is 0 Å². The third kappa shape index (κ3) is 3.56. The summed E-state index contributed by atoms with van der Waals surface area (Å²) in [5.41, 5.74) is 7.90. The summed E-state index contributed by atoms with van der Waals surface area (Å²) in [6, 6.07) is 5.95. The third-order valence-corrected chi connectivity index (χ3v) is 5.41. The molecule has 1 fully saturated rings. The van der Waals surface area contributed by atoms with Crippen LogP contribution in [0.2, 0.25) is 0 Å². The predicted octanol–water partition coefficient (Wildman–Crippen LogP) is 2.64. The Morgan fingerprint density at radius 3 is 2.69 bits per heavy atom. The molecule has 26 heavy (non-hydrogen) atoms. The van der Waals surface area contributed by atoms with E-state index >= 15 is 0 Å². The van der Waals surface area contributed by atoms with E-state index in [2.05, 4.69) is 10.3 Å². The predicted molar refractivity (Wildman–Crippen MR) is 107 cm³/mol. The molecule has 8 heteroatoms. The molecule has 3 rings (SSSR count). The number of hydrogen-bond acceptors (Lipinski definition) is 4. The molecule has 1 saturated carbocycles. The first-order chi connectivity index (χ1) is 11.3. The minimum Gasteiger partial charge on any atom is -0.378 e.